The van der Waals surface area contributed by atoms with Gasteiger partial charge in [-0.2, -0.15) is 0 Å². The van der Waals surface area contributed by atoms with Gasteiger partial charge in [0, 0.05) is 30.9 Å². The molecular formula is C17H18FN3OS. The lowest BCUT2D eigenvalue weighted by atomic mass is 9.97. The van der Waals surface area contributed by atoms with Crippen molar-refractivity contribution >= 4 is 17.2 Å². The maximum atomic E-state index is 13.8. The smallest absolute Gasteiger partial charge is 0.280 e. The summed E-state index contributed by atoms with van der Waals surface area (Å²) in [7, 11) is 0. The van der Waals surface area contributed by atoms with Crippen LogP contribution in [-0.2, 0) is 0 Å². The summed E-state index contributed by atoms with van der Waals surface area (Å²) in [5.41, 5.74) is 0.492. The second-order valence-electron chi connectivity index (χ2n) is 6.33. The molecule has 3 atom stereocenters. The van der Waals surface area contributed by atoms with E-state index in [-0.39, 0.29) is 17.8 Å². The topological polar surface area (TPSA) is 45.2 Å². The summed E-state index contributed by atoms with van der Waals surface area (Å²) in [4.78, 5) is 19.7. The standard InChI is InChI=1S/C17H18FN3OS/c18-14-4-2-1-3-13(14)15-8-19-17(23-15)16(22)20-12-7-11-5-6-21(9-11)10-12/h1-4,8,11-12H,5-7,9-10H2,(H,20,22)/t11-,12+/m0/s1. The highest BCUT2D eigenvalue weighted by Gasteiger charge is 2.33. The van der Waals surface area contributed by atoms with E-state index in [0.717, 1.165) is 19.5 Å². The number of hydrogen-bond acceptors (Lipinski definition) is 4. The molecule has 1 unspecified atom stereocenters. The number of fused-ring (bicyclic) bond motifs is 2. The third-order valence-electron chi connectivity index (χ3n) is 4.64. The van der Waals surface area contributed by atoms with E-state index in [9.17, 15) is 9.18 Å². The van der Waals surface area contributed by atoms with Gasteiger partial charge in [-0.1, -0.05) is 18.2 Å². The SMILES string of the molecule is O=C(N[C@@H]1C[C@@H]2CCN(C2)C1)c1ncc(-c2ccccc2F)s1. The molecule has 1 N–H and O–H groups in total. The Labute approximate surface area is 138 Å². The molecule has 1 aromatic heterocycles. The van der Waals surface area contributed by atoms with Gasteiger partial charge in [0.25, 0.3) is 5.91 Å². The molecule has 1 amide bonds. The van der Waals surface area contributed by atoms with Crippen LogP contribution in [-0.4, -0.2) is 41.5 Å². The van der Waals surface area contributed by atoms with Gasteiger partial charge in [0.05, 0.1) is 4.88 Å². The molecule has 2 aliphatic heterocycles. The van der Waals surface area contributed by atoms with Crippen molar-refractivity contribution in [1.82, 2.24) is 15.2 Å². The van der Waals surface area contributed by atoms with Crippen LogP contribution in [0.1, 0.15) is 22.6 Å². The average Bonchev–Trinajstić information content (AvgIpc) is 3.15. The van der Waals surface area contributed by atoms with Crippen LogP contribution in [0.15, 0.2) is 30.5 Å². The molecule has 4 nitrogen and oxygen atoms in total. The molecular weight excluding hydrogens is 313 g/mol. The largest absolute Gasteiger partial charge is 0.346 e. The van der Waals surface area contributed by atoms with Crippen molar-refractivity contribution < 1.29 is 9.18 Å². The van der Waals surface area contributed by atoms with Gasteiger partial charge in [0.2, 0.25) is 0 Å². The highest BCUT2D eigenvalue weighted by atomic mass is 32.1. The summed E-state index contributed by atoms with van der Waals surface area (Å²) in [5.74, 6) is 0.268. The first-order valence-electron chi connectivity index (χ1n) is 7.93. The van der Waals surface area contributed by atoms with E-state index in [4.69, 9.17) is 0 Å². The second kappa shape index (κ2) is 6.02. The number of nitrogens with zero attached hydrogens (tertiary/aromatic N) is 2. The monoisotopic (exact) mass is 331 g/mol. The first-order chi connectivity index (χ1) is 11.2. The van der Waals surface area contributed by atoms with Gasteiger partial charge in [-0.05, 0) is 31.4 Å². The maximum Gasteiger partial charge on any atom is 0.280 e. The van der Waals surface area contributed by atoms with Gasteiger partial charge in [0.1, 0.15) is 5.82 Å². The Morgan fingerprint density at radius 3 is 3.04 bits per heavy atom. The fraction of sp³-hybridized carbons (Fsp3) is 0.412. The number of thiazole rings is 1. The number of aromatic nitrogens is 1. The van der Waals surface area contributed by atoms with Crippen LogP contribution in [0, 0.1) is 11.7 Å². The lowest BCUT2D eigenvalue weighted by Crippen LogP contribution is -2.46. The van der Waals surface area contributed by atoms with Crippen LogP contribution in [0.4, 0.5) is 4.39 Å². The van der Waals surface area contributed by atoms with E-state index in [2.05, 4.69) is 15.2 Å². The van der Waals surface area contributed by atoms with Gasteiger partial charge in [-0.3, -0.25) is 4.79 Å². The van der Waals surface area contributed by atoms with Crippen molar-refractivity contribution in [2.45, 2.75) is 18.9 Å². The molecule has 2 saturated heterocycles. The lowest BCUT2D eigenvalue weighted by Gasteiger charge is -2.30. The van der Waals surface area contributed by atoms with Crippen LogP contribution < -0.4 is 5.32 Å². The van der Waals surface area contributed by atoms with E-state index in [1.54, 1.807) is 24.4 Å². The Morgan fingerprint density at radius 1 is 1.35 bits per heavy atom. The summed E-state index contributed by atoms with van der Waals surface area (Å²) >= 11 is 1.24. The Balaban J connectivity index is 1.46. The number of amides is 1. The molecule has 0 saturated carbocycles. The number of benzene rings is 1. The van der Waals surface area contributed by atoms with Crippen molar-refractivity contribution in [3.63, 3.8) is 0 Å². The third-order valence-corrected chi connectivity index (χ3v) is 5.67. The molecule has 6 heteroatoms. The van der Waals surface area contributed by atoms with Crippen LogP contribution in [0.25, 0.3) is 10.4 Å². The molecule has 2 aromatic rings. The molecule has 0 spiro atoms. The average molecular weight is 331 g/mol. The number of carbonyl (C=O) groups is 1. The van der Waals surface area contributed by atoms with Gasteiger partial charge in [-0.25, -0.2) is 9.37 Å². The van der Waals surface area contributed by atoms with Gasteiger partial charge in [0.15, 0.2) is 5.01 Å². The third kappa shape index (κ3) is 3.01. The zero-order valence-electron chi connectivity index (χ0n) is 12.7. The summed E-state index contributed by atoms with van der Waals surface area (Å²) in [5, 5.41) is 3.49. The van der Waals surface area contributed by atoms with E-state index in [1.165, 1.54) is 30.4 Å². The zero-order chi connectivity index (χ0) is 15.8. The lowest BCUT2D eigenvalue weighted by molar-refractivity contribution is 0.0909. The molecule has 2 aliphatic rings. The first-order valence-corrected chi connectivity index (χ1v) is 8.74. The van der Waals surface area contributed by atoms with Crippen LogP contribution in [0.2, 0.25) is 0 Å². The maximum absolute atomic E-state index is 13.8. The molecule has 0 radical (unpaired) electrons. The molecule has 2 fully saturated rings. The van der Waals surface area contributed by atoms with Gasteiger partial charge in [-0.15, -0.1) is 11.3 Å². The number of piperidine rings is 1. The van der Waals surface area contributed by atoms with E-state index < -0.39 is 0 Å². The molecule has 4 rings (SSSR count). The first kappa shape index (κ1) is 14.8. The number of rotatable bonds is 3. The minimum Gasteiger partial charge on any atom is -0.346 e. The summed E-state index contributed by atoms with van der Waals surface area (Å²) in [6.45, 7) is 3.24. The van der Waals surface area contributed by atoms with Crippen molar-refractivity contribution in [1.29, 1.82) is 0 Å². The zero-order valence-corrected chi connectivity index (χ0v) is 13.5. The summed E-state index contributed by atoms with van der Waals surface area (Å²) in [6.07, 6.45) is 3.86. The fourth-order valence-corrected chi connectivity index (χ4v) is 4.42. The number of halogens is 1. The Hall–Kier alpha value is -1.79. The fourth-order valence-electron chi connectivity index (χ4n) is 3.58. The minimum atomic E-state index is -0.292. The minimum absolute atomic E-state index is 0.148. The molecule has 3 heterocycles. The quantitative estimate of drug-likeness (QED) is 0.941. The van der Waals surface area contributed by atoms with E-state index >= 15 is 0 Å². The number of nitrogens with one attached hydrogen (secondary N) is 1. The highest BCUT2D eigenvalue weighted by molar-refractivity contribution is 7.17. The molecule has 1 aromatic carbocycles. The van der Waals surface area contributed by atoms with E-state index in [1.807, 2.05) is 0 Å². The van der Waals surface area contributed by atoms with Crippen LogP contribution in [0.3, 0.4) is 0 Å². The van der Waals surface area contributed by atoms with Gasteiger partial charge >= 0.3 is 0 Å². The van der Waals surface area contributed by atoms with Crippen molar-refractivity contribution in [2.75, 3.05) is 19.6 Å². The molecule has 120 valence electrons. The second-order valence-corrected chi connectivity index (χ2v) is 7.36. The Kier molecular flexibility index (Phi) is 3.87. The van der Waals surface area contributed by atoms with Gasteiger partial charge < -0.3 is 10.2 Å². The number of hydrogen-bond donors (Lipinski definition) is 1. The Morgan fingerprint density at radius 2 is 2.22 bits per heavy atom. The molecule has 2 bridgehead atoms. The molecule has 23 heavy (non-hydrogen) atoms. The van der Waals surface area contributed by atoms with Crippen LogP contribution >= 0.6 is 11.3 Å². The highest BCUT2D eigenvalue weighted by Crippen LogP contribution is 2.29. The summed E-state index contributed by atoms with van der Waals surface area (Å²) < 4.78 is 13.8. The van der Waals surface area contributed by atoms with Crippen molar-refractivity contribution in [2.24, 2.45) is 5.92 Å². The summed E-state index contributed by atoms with van der Waals surface area (Å²) in [6, 6.07) is 6.76. The number of carbonyl (C=O) groups excluding carboxylic acids is 1. The van der Waals surface area contributed by atoms with E-state index in [0.29, 0.717) is 21.4 Å². The van der Waals surface area contributed by atoms with Crippen molar-refractivity contribution in [3.8, 4) is 10.4 Å². The molecule has 0 aliphatic carbocycles. The van der Waals surface area contributed by atoms with Crippen molar-refractivity contribution in [3.05, 3.63) is 41.3 Å². The predicted octanol–water partition coefficient (Wildman–Crippen LogP) is 2.77. The normalized spacial score (nSPS) is 26.2. The predicted molar refractivity (Wildman–Crippen MR) is 87.9 cm³/mol. The Bertz CT molecular complexity index is 720. The van der Waals surface area contributed by atoms with Crippen LogP contribution in [0.5, 0.6) is 0 Å².